The van der Waals surface area contributed by atoms with Crippen LogP contribution in [0.3, 0.4) is 0 Å². The number of hydrogen-bond acceptors (Lipinski definition) is 4. The van der Waals surface area contributed by atoms with Crippen LogP contribution in [0.2, 0.25) is 0 Å². The van der Waals surface area contributed by atoms with Gasteiger partial charge in [0.2, 0.25) is 5.91 Å². The number of rotatable bonds is 3. The molecule has 1 unspecified atom stereocenters. The number of nitrogens with one attached hydrogen (secondary N) is 1. The highest BCUT2D eigenvalue weighted by Crippen LogP contribution is 2.49. The second kappa shape index (κ2) is 4.94. The molecule has 0 spiro atoms. The second-order valence-electron chi connectivity index (χ2n) is 8.21. The summed E-state index contributed by atoms with van der Waals surface area (Å²) in [4.78, 5) is 14.4. The average Bonchev–Trinajstić information content (AvgIpc) is 2.83. The van der Waals surface area contributed by atoms with E-state index in [1.54, 1.807) is 0 Å². The van der Waals surface area contributed by atoms with Crippen LogP contribution in [0.15, 0.2) is 0 Å². The molecule has 7 atom stereocenters. The first-order valence-corrected chi connectivity index (χ1v) is 8.63. The molecule has 1 amide bonds. The molecule has 5 nitrogen and oxygen atoms in total. The summed E-state index contributed by atoms with van der Waals surface area (Å²) in [6.45, 7) is 2.55. The number of piperidine rings is 1. The molecule has 1 saturated heterocycles. The van der Waals surface area contributed by atoms with Crippen molar-refractivity contribution >= 4 is 5.91 Å². The highest BCUT2D eigenvalue weighted by atomic mass is 16.3. The predicted octanol–water partition coefficient (Wildman–Crippen LogP) is 1.03. The first-order chi connectivity index (χ1) is 10.5. The van der Waals surface area contributed by atoms with Crippen LogP contribution in [0, 0.1) is 29.1 Å². The minimum Gasteiger partial charge on any atom is -0.393 e. The van der Waals surface area contributed by atoms with Gasteiger partial charge < -0.3 is 15.3 Å². The Morgan fingerprint density at radius 2 is 1.95 bits per heavy atom. The maximum absolute atomic E-state index is 12.5. The van der Waals surface area contributed by atoms with E-state index < -0.39 is 0 Å². The number of likely N-dealkylation sites (tertiary alicyclic amines) is 1. The molecule has 4 aliphatic rings. The van der Waals surface area contributed by atoms with E-state index in [1.165, 1.54) is 0 Å². The number of carbonyl (C=O) groups excluding carboxylic acids is 1. The molecule has 3 saturated carbocycles. The summed E-state index contributed by atoms with van der Waals surface area (Å²) in [5.41, 5.74) is 0.00987. The van der Waals surface area contributed by atoms with Gasteiger partial charge in [-0.1, -0.05) is 0 Å². The van der Waals surface area contributed by atoms with Crippen molar-refractivity contribution in [2.45, 2.75) is 69.2 Å². The summed E-state index contributed by atoms with van der Waals surface area (Å²) in [5.74, 6) is 1.88. The van der Waals surface area contributed by atoms with E-state index >= 15 is 0 Å². The average molecular weight is 303 g/mol. The van der Waals surface area contributed by atoms with Gasteiger partial charge in [0.25, 0.3) is 0 Å². The minimum absolute atomic E-state index is 0.00987. The van der Waals surface area contributed by atoms with E-state index in [0.29, 0.717) is 30.3 Å². The Morgan fingerprint density at radius 1 is 1.27 bits per heavy atom. The molecule has 5 heteroatoms. The maximum atomic E-state index is 12.5. The third kappa shape index (κ3) is 2.33. The molecule has 120 valence electrons. The van der Waals surface area contributed by atoms with Gasteiger partial charge in [0.15, 0.2) is 0 Å². The quantitative estimate of drug-likeness (QED) is 0.816. The molecular formula is C17H25N3O2. The molecule has 22 heavy (non-hydrogen) atoms. The molecule has 4 rings (SSSR count). The minimum atomic E-state index is -0.205. The van der Waals surface area contributed by atoms with Crippen molar-refractivity contribution in [2.24, 2.45) is 17.8 Å². The van der Waals surface area contributed by atoms with E-state index in [1.807, 2.05) is 4.90 Å². The summed E-state index contributed by atoms with van der Waals surface area (Å²) in [5, 5.41) is 22.4. The molecule has 0 radical (unpaired) electrons. The molecule has 1 heterocycles. The van der Waals surface area contributed by atoms with Crippen molar-refractivity contribution in [1.29, 1.82) is 5.26 Å². The van der Waals surface area contributed by atoms with Gasteiger partial charge in [-0.2, -0.15) is 5.26 Å². The summed E-state index contributed by atoms with van der Waals surface area (Å²) >= 11 is 0. The molecular weight excluding hydrogens is 278 g/mol. The normalized spacial score (nSPS) is 48.9. The van der Waals surface area contributed by atoms with Gasteiger partial charge in [-0.15, -0.1) is 0 Å². The largest absolute Gasteiger partial charge is 0.393 e. The van der Waals surface area contributed by atoms with Crippen molar-refractivity contribution in [2.75, 3.05) is 6.54 Å². The van der Waals surface area contributed by atoms with Crippen LogP contribution in [0.1, 0.15) is 45.4 Å². The zero-order valence-corrected chi connectivity index (χ0v) is 13.2. The van der Waals surface area contributed by atoms with Crippen LogP contribution in [-0.2, 0) is 4.79 Å². The maximum Gasteiger partial charge on any atom is 0.237 e. The van der Waals surface area contributed by atoms with Crippen LogP contribution in [0.5, 0.6) is 0 Å². The third-order valence-electron chi connectivity index (χ3n) is 6.45. The number of nitrogens with zero attached hydrogens (tertiary/aromatic N) is 2. The van der Waals surface area contributed by atoms with Crippen LogP contribution in [-0.4, -0.2) is 46.2 Å². The van der Waals surface area contributed by atoms with Crippen molar-refractivity contribution in [3.63, 3.8) is 0 Å². The Bertz CT molecular complexity index is 514. The van der Waals surface area contributed by atoms with Crippen LogP contribution >= 0.6 is 0 Å². The Morgan fingerprint density at radius 3 is 2.59 bits per heavy atom. The number of aliphatic hydroxyl groups excluding tert-OH is 1. The fourth-order valence-corrected chi connectivity index (χ4v) is 5.38. The number of nitriles is 1. The Labute approximate surface area is 131 Å². The van der Waals surface area contributed by atoms with Crippen LogP contribution < -0.4 is 5.32 Å². The van der Waals surface area contributed by atoms with Gasteiger partial charge in [0.05, 0.1) is 18.7 Å². The van der Waals surface area contributed by atoms with Crippen molar-refractivity contribution in [1.82, 2.24) is 10.2 Å². The number of hydrogen-bond donors (Lipinski definition) is 2. The molecule has 3 aliphatic carbocycles. The Kier molecular flexibility index (Phi) is 3.25. The van der Waals surface area contributed by atoms with Gasteiger partial charge in [-0.05, 0) is 63.2 Å². The molecule has 0 bridgehead atoms. The Balaban J connectivity index is 1.33. The standard InChI is InChI=1S/C17H25N3O2/c1-17(6-11-3-14(21)4-12(11)7-17)19-9-16(22)20-13(8-18)2-10-5-15(10)20/h10-15,19,21H,2-7,9H2,1H3/t10-,11-,12+,13+,14?,15+,17+/m1/s1. The lowest BCUT2D eigenvalue weighted by Crippen LogP contribution is -2.49. The van der Waals surface area contributed by atoms with E-state index in [9.17, 15) is 15.2 Å². The lowest BCUT2D eigenvalue weighted by Gasteiger charge is -2.29. The number of carbonyl (C=O) groups is 1. The summed E-state index contributed by atoms with van der Waals surface area (Å²) in [6, 6.07) is 2.41. The van der Waals surface area contributed by atoms with E-state index in [2.05, 4.69) is 18.3 Å². The van der Waals surface area contributed by atoms with Gasteiger partial charge >= 0.3 is 0 Å². The fourth-order valence-electron chi connectivity index (χ4n) is 5.38. The summed E-state index contributed by atoms with van der Waals surface area (Å²) in [7, 11) is 0. The van der Waals surface area contributed by atoms with Crippen LogP contribution in [0.25, 0.3) is 0 Å². The zero-order chi connectivity index (χ0) is 15.5. The van der Waals surface area contributed by atoms with E-state index in [-0.39, 0.29) is 23.6 Å². The van der Waals surface area contributed by atoms with E-state index in [0.717, 1.165) is 38.5 Å². The number of fused-ring (bicyclic) bond motifs is 2. The fraction of sp³-hybridized carbons (Fsp3) is 0.882. The highest BCUT2D eigenvalue weighted by Gasteiger charge is 2.54. The SMILES string of the molecule is C[C@]1(NCC(=O)N2[C@H](C#N)C[C@@H]3C[C@@H]32)C[C@H]2CC(O)C[C@H]2C1. The van der Waals surface area contributed by atoms with E-state index in [4.69, 9.17) is 0 Å². The first-order valence-electron chi connectivity index (χ1n) is 8.63. The molecule has 4 fully saturated rings. The smallest absolute Gasteiger partial charge is 0.237 e. The summed E-state index contributed by atoms with van der Waals surface area (Å²) in [6.07, 6.45) is 5.78. The van der Waals surface area contributed by atoms with Gasteiger partial charge in [-0.3, -0.25) is 4.79 Å². The highest BCUT2D eigenvalue weighted by molar-refractivity contribution is 5.80. The van der Waals surface area contributed by atoms with Crippen molar-refractivity contribution in [3.8, 4) is 6.07 Å². The third-order valence-corrected chi connectivity index (χ3v) is 6.45. The Hall–Kier alpha value is -1.12. The second-order valence-corrected chi connectivity index (χ2v) is 8.21. The lowest BCUT2D eigenvalue weighted by molar-refractivity contribution is -0.131. The summed E-state index contributed by atoms with van der Waals surface area (Å²) < 4.78 is 0. The molecule has 0 aromatic rings. The zero-order valence-electron chi connectivity index (χ0n) is 13.2. The monoisotopic (exact) mass is 303 g/mol. The number of amides is 1. The lowest BCUT2D eigenvalue weighted by atomic mass is 9.95. The van der Waals surface area contributed by atoms with Gasteiger partial charge in [0, 0.05) is 11.6 Å². The van der Waals surface area contributed by atoms with Crippen molar-refractivity contribution in [3.05, 3.63) is 0 Å². The topological polar surface area (TPSA) is 76.4 Å². The van der Waals surface area contributed by atoms with Crippen LogP contribution in [0.4, 0.5) is 0 Å². The van der Waals surface area contributed by atoms with Gasteiger partial charge in [-0.25, -0.2) is 0 Å². The molecule has 1 aliphatic heterocycles. The predicted molar refractivity (Wildman–Crippen MR) is 80.6 cm³/mol. The van der Waals surface area contributed by atoms with Crippen molar-refractivity contribution < 1.29 is 9.90 Å². The molecule has 0 aromatic heterocycles. The molecule has 2 N–H and O–H groups in total. The van der Waals surface area contributed by atoms with Gasteiger partial charge in [0.1, 0.15) is 6.04 Å². The first kappa shape index (κ1) is 14.5. The molecule has 0 aromatic carbocycles. The number of aliphatic hydroxyl groups is 1.